The monoisotopic (exact) mass is 446 g/mol. The summed E-state index contributed by atoms with van der Waals surface area (Å²) >= 11 is 0. The molecule has 0 bridgehead atoms. The van der Waals surface area contributed by atoms with Gasteiger partial charge in [0.2, 0.25) is 0 Å². The van der Waals surface area contributed by atoms with Gasteiger partial charge in [-0.2, -0.15) is 0 Å². The Hall–Kier alpha value is 4.70. The molecule has 14 valence electrons. The molecule has 0 N–H and O–H groups in total. The predicted octanol–water partition coefficient (Wildman–Crippen LogP) is -0.156. The molecule has 0 aliphatic carbocycles. The standard InChI is InChI=1S/Ce.La.Mg.Pr.2H/q;;+2;;2*-1. The van der Waals surface area contributed by atoms with Crippen LogP contribution < -0.4 is 0 Å². The second kappa shape index (κ2) is 15.6. The summed E-state index contributed by atoms with van der Waals surface area (Å²) in [5, 5.41) is 0. The average molecular weight is 446 g/mol. The van der Waals surface area contributed by atoms with Gasteiger partial charge in [-0.15, -0.1) is 0 Å². The van der Waals surface area contributed by atoms with E-state index in [9.17, 15) is 0 Å². The quantitative estimate of drug-likeness (QED) is 0.454. The predicted molar refractivity (Wildman–Crippen MR) is 7.98 cm³/mol. The van der Waals surface area contributed by atoms with Crippen molar-refractivity contribution >= 4 is 23.1 Å². The van der Waals surface area contributed by atoms with Crippen LogP contribution in [0, 0.1) is 119 Å². The van der Waals surface area contributed by atoms with Crippen molar-refractivity contribution in [2.75, 3.05) is 0 Å². The zero-order chi connectivity index (χ0) is 0. The fourth-order valence-electron chi connectivity index (χ4n) is 0. The average Bonchev–Trinajstić information content (AvgIpc) is 0. The third kappa shape index (κ3) is 9.86. The molecule has 0 aromatic rings. The molecule has 0 aliphatic heterocycles. The number of hydrogen-bond donors (Lipinski definition) is 0. The number of hydrogen-bond acceptors (Lipinski definition) is 0. The topological polar surface area (TPSA) is 0 Å². The van der Waals surface area contributed by atoms with E-state index in [1.807, 2.05) is 0 Å². The molecule has 0 aromatic heterocycles. The molecule has 0 nitrogen and oxygen atoms in total. The summed E-state index contributed by atoms with van der Waals surface area (Å²) in [6, 6.07) is 0. The fourth-order valence-corrected chi connectivity index (χ4v) is 0. The van der Waals surface area contributed by atoms with Crippen LogP contribution in [0.1, 0.15) is 2.85 Å². The summed E-state index contributed by atoms with van der Waals surface area (Å²) in [6.07, 6.45) is 0. The van der Waals surface area contributed by atoms with Gasteiger partial charge in [-0.1, -0.05) is 0 Å². The molecular formula is H2CeLaMgPr. The van der Waals surface area contributed by atoms with Gasteiger partial charge in [0, 0.05) is 119 Å². The van der Waals surface area contributed by atoms with E-state index < -0.39 is 0 Å². The van der Waals surface area contributed by atoms with E-state index in [-0.39, 0.29) is 145 Å². The van der Waals surface area contributed by atoms with Crippen LogP contribution >= 0.6 is 0 Å². The molecule has 0 amide bonds. The van der Waals surface area contributed by atoms with Crippen LogP contribution in [0.5, 0.6) is 0 Å². The molecule has 2 radical (unpaired) electrons. The molecular weight excluding hydrogens is 444 g/mol. The van der Waals surface area contributed by atoms with E-state index in [1.54, 1.807) is 0 Å². The van der Waals surface area contributed by atoms with Crippen LogP contribution in [0.15, 0.2) is 0 Å². The minimum Gasteiger partial charge on any atom is -1.00 e. The van der Waals surface area contributed by atoms with Crippen molar-refractivity contribution in [2.45, 2.75) is 0 Å². The Labute approximate surface area is 140 Å². The van der Waals surface area contributed by atoms with E-state index in [0.29, 0.717) is 0 Å². The molecule has 0 rings (SSSR count). The third-order valence-corrected chi connectivity index (χ3v) is 0. The van der Waals surface area contributed by atoms with Gasteiger partial charge in [0.05, 0.1) is 0 Å². The van der Waals surface area contributed by atoms with Crippen molar-refractivity contribution < 1.29 is 121 Å². The van der Waals surface area contributed by atoms with Crippen LogP contribution in [0.25, 0.3) is 0 Å². The molecule has 0 aliphatic rings. The normalized spacial score (nSPS) is 0. The molecule has 0 heterocycles. The Morgan fingerprint density at radius 2 is 1.25 bits per heavy atom. The summed E-state index contributed by atoms with van der Waals surface area (Å²) in [6.45, 7) is 0. The molecule has 0 unspecified atom stereocenters. The van der Waals surface area contributed by atoms with Gasteiger partial charge in [0.1, 0.15) is 0 Å². The summed E-state index contributed by atoms with van der Waals surface area (Å²) in [7, 11) is 0. The van der Waals surface area contributed by atoms with Gasteiger partial charge in [0.25, 0.3) is 0 Å². The van der Waals surface area contributed by atoms with Crippen LogP contribution in [-0.4, -0.2) is 23.1 Å². The Bertz CT molecular complexity index is 13.5. The summed E-state index contributed by atoms with van der Waals surface area (Å²) in [4.78, 5) is 0. The van der Waals surface area contributed by atoms with Crippen LogP contribution in [-0.2, 0) is 0 Å². The molecule has 0 fully saturated rings. The van der Waals surface area contributed by atoms with E-state index in [4.69, 9.17) is 0 Å². The molecule has 0 spiro atoms. The van der Waals surface area contributed by atoms with E-state index in [0.717, 1.165) is 0 Å². The van der Waals surface area contributed by atoms with Gasteiger partial charge >= 0.3 is 23.1 Å². The molecule has 0 aromatic carbocycles. The summed E-state index contributed by atoms with van der Waals surface area (Å²) in [5.41, 5.74) is 0. The van der Waals surface area contributed by atoms with E-state index >= 15 is 0 Å². The first-order valence-corrected chi connectivity index (χ1v) is 0. The maximum atomic E-state index is 0. The second-order valence-corrected chi connectivity index (χ2v) is 0. The summed E-state index contributed by atoms with van der Waals surface area (Å²) < 4.78 is 0. The molecule has 0 atom stereocenters. The Kier molecular flexibility index (Phi) is 91.3. The second-order valence-electron chi connectivity index (χ2n) is 0. The zero-order valence-electron chi connectivity index (χ0n) is 4.36. The smallest absolute Gasteiger partial charge is 1.00 e. The Morgan fingerprint density at radius 3 is 1.25 bits per heavy atom. The van der Waals surface area contributed by atoms with Gasteiger partial charge in [0.15, 0.2) is 0 Å². The Balaban J connectivity index is 0. The van der Waals surface area contributed by atoms with Crippen LogP contribution in [0.3, 0.4) is 0 Å². The largest absolute Gasteiger partial charge is 2.00 e. The third-order valence-electron chi connectivity index (χ3n) is 0. The fraction of sp³-hybridized carbons (Fsp3) is 0. The first-order valence-electron chi connectivity index (χ1n) is 0. The zero-order valence-corrected chi connectivity index (χ0v) is 14.2. The first-order chi connectivity index (χ1) is 0. The number of rotatable bonds is 0. The minimum atomic E-state index is 0. The summed E-state index contributed by atoms with van der Waals surface area (Å²) in [5.74, 6) is 0. The van der Waals surface area contributed by atoms with Crippen molar-refractivity contribution in [3.05, 3.63) is 0 Å². The van der Waals surface area contributed by atoms with Gasteiger partial charge in [-0.25, -0.2) is 0 Å². The maximum Gasteiger partial charge on any atom is 2.00 e. The van der Waals surface area contributed by atoms with Crippen molar-refractivity contribution in [1.29, 1.82) is 0 Å². The van der Waals surface area contributed by atoms with Gasteiger partial charge < -0.3 is 2.85 Å². The maximum absolute atomic E-state index is 0. The van der Waals surface area contributed by atoms with Crippen molar-refractivity contribution in [2.24, 2.45) is 0 Å². The van der Waals surface area contributed by atoms with E-state index in [1.165, 1.54) is 0 Å². The molecule has 4 heavy (non-hydrogen) atoms. The van der Waals surface area contributed by atoms with Crippen molar-refractivity contribution in [3.63, 3.8) is 0 Å². The molecule has 0 saturated heterocycles. The Morgan fingerprint density at radius 1 is 1.25 bits per heavy atom. The van der Waals surface area contributed by atoms with E-state index in [2.05, 4.69) is 0 Å². The first kappa shape index (κ1) is 23.3. The van der Waals surface area contributed by atoms with Gasteiger partial charge in [-0.05, 0) is 0 Å². The van der Waals surface area contributed by atoms with Gasteiger partial charge in [-0.3, -0.25) is 0 Å². The van der Waals surface area contributed by atoms with Crippen LogP contribution in [0.2, 0.25) is 0 Å². The SMILES string of the molecule is [Ce].[H-].[H-].[La].[Mg+2].[Pr]. The van der Waals surface area contributed by atoms with Crippen LogP contribution in [0.4, 0.5) is 0 Å². The minimum absolute atomic E-state index is 0. The van der Waals surface area contributed by atoms with Crippen molar-refractivity contribution in [1.82, 2.24) is 0 Å². The molecule has 0 saturated carbocycles. The molecule has 4 heteroatoms. The van der Waals surface area contributed by atoms with Crippen molar-refractivity contribution in [3.8, 4) is 0 Å².